The van der Waals surface area contributed by atoms with Gasteiger partial charge in [-0.25, -0.2) is 0 Å². The molecule has 0 saturated carbocycles. The van der Waals surface area contributed by atoms with Crippen LogP contribution in [0.3, 0.4) is 0 Å². The van der Waals surface area contributed by atoms with E-state index in [1.807, 2.05) is 13.8 Å². The number of rotatable bonds is 6. The van der Waals surface area contributed by atoms with Gasteiger partial charge in [0.25, 0.3) is 0 Å². The second-order valence-corrected chi connectivity index (χ2v) is 4.65. The zero-order valence-corrected chi connectivity index (χ0v) is 10.5. The molecule has 0 aromatic rings. The van der Waals surface area contributed by atoms with Crippen LogP contribution < -0.4 is 0 Å². The van der Waals surface area contributed by atoms with Crippen molar-refractivity contribution in [3.63, 3.8) is 0 Å². The van der Waals surface area contributed by atoms with Crippen molar-refractivity contribution in [2.75, 3.05) is 7.05 Å². The Morgan fingerprint density at radius 2 is 1.71 bits per heavy atom. The van der Waals surface area contributed by atoms with Gasteiger partial charge in [-0.3, -0.25) is 4.79 Å². The summed E-state index contributed by atoms with van der Waals surface area (Å²) in [5.74, 6) is 0.550. The molecule has 0 aliphatic carbocycles. The molecule has 0 heterocycles. The second kappa shape index (κ2) is 6.18. The maximum atomic E-state index is 11.6. The first kappa shape index (κ1) is 13.6. The Bertz CT molecular complexity index is 175. The molecular formula is C12H25NO. The summed E-state index contributed by atoms with van der Waals surface area (Å²) in [5, 5.41) is 0. The average molecular weight is 199 g/mol. The summed E-state index contributed by atoms with van der Waals surface area (Å²) in [6.45, 7) is 10.4. The van der Waals surface area contributed by atoms with Crippen LogP contribution in [-0.2, 0) is 4.79 Å². The van der Waals surface area contributed by atoms with Crippen LogP contribution in [0.4, 0.5) is 0 Å². The van der Waals surface area contributed by atoms with Gasteiger partial charge in [0, 0.05) is 24.4 Å². The number of ketones is 1. The third-order valence-electron chi connectivity index (χ3n) is 2.94. The van der Waals surface area contributed by atoms with Crippen molar-refractivity contribution < 1.29 is 4.79 Å². The van der Waals surface area contributed by atoms with E-state index in [0.29, 0.717) is 24.3 Å². The monoisotopic (exact) mass is 199 g/mol. The molecule has 0 spiro atoms. The van der Waals surface area contributed by atoms with Crippen molar-refractivity contribution in [2.24, 2.45) is 5.92 Å². The van der Waals surface area contributed by atoms with E-state index < -0.39 is 0 Å². The number of carbonyl (C=O) groups excluding carboxylic acids is 1. The minimum atomic E-state index is 0.171. The number of hydrogen-bond donors (Lipinski definition) is 0. The largest absolute Gasteiger partial charge is 0.301 e. The Kier molecular flexibility index (Phi) is 6.01. The van der Waals surface area contributed by atoms with Crippen LogP contribution in [-0.4, -0.2) is 29.8 Å². The summed E-state index contributed by atoms with van der Waals surface area (Å²) >= 11 is 0. The minimum Gasteiger partial charge on any atom is -0.301 e. The highest BCUT2D eigenvalue weighted by Crippen LogP contribution is 2.13. The highest BCUT2D eigenvalue weighted by atomic mass is 16.1. The van der Waals surface area contributed by atoms with Gasteiger partial charge in [0.15, 0.2) is 0 Å². The lowest BCUT2D eigenvalue weighted by Crippen LogP contribution is -2.38. The molecule has 0 radical (unpaired) electrons. The van der Waals surface area contributed by atoms with E-state index in [2.05, 4.69) is 32.7 Å². The standard InChI is InChI=1S/C12H25NO/c1-7-11(13(6)10(4)5)8-12(14)9(2)3/h9-11H,7-8H2,1-6H3. The molecule has 2 nitrogen and oxygen atoms in total. The van der Waals surface area contributed by atoms with Gasteiger partial charge in [-0.05, 0) is 27.3 Å². The molecular weight excluding hydrogens is 174 g/mol. The average Bonchev–Trinajstić information content (AvgIpc) is 2.12. The molecule has 0 bridgehead atoms. The van der Waals surface area contributed by atoms with Gasteiger partial charge in [0.2, 0.25) is 0 Å². The molecule has 0 aliphatic rings. The maximum absolute atomic E-state index is 11.6. The highest BCUT2D eigenvalue weighted by Gasteiger charge is 2.19. The van der Waals surface area contributed by atoms with Crippen molar-refractivity contribution in [3.05, 3.63) is 0 Å². The first-order valence-electron chi connectivity index (χ1n) is 5.64. The molecule has 14 heavy (non-hydrogen) atoms. The molecule has 1 atom stereocenters. The summed E-state index contributed by atoms with van der Waals surface area (Å²) in [7, 11) is 2.10. The Labute approximate surface area is 88.7 Å². The van der Waals surface area contributed by atoms with Gasteiger partial charge in [0.1, 0.15) is 5.78 Å². The number of hydrogen-bond acceptors (Lipinski definition) is 2. The van der Waals surface area contributed by atoms with Gasteiger partial charge >= 0.3 is 0 Å². The molecule has 2 heteroatoms. The van der Waals surface area contributed by atoms with E-state index >= 15 is 0 Å². The molecule has 0 saturated heterocycles. The summed E-state index contributed by atoms with van der Waals surface area (Å²) in [5.41, 5.74) is 0. The number of nitrogens with zero attached hydrogens (tertiary/aromatic N) is 1. The molecule has 0 rings (SSSR count). The predicted octanol–water partition coefficient (Wildman–Crippen LogP) is 2.72. The van der Waals surface area contributed by atoms with E-state index in [1.165, 1.54) is 0 Å². The lowest BCUT2D eigenvalue weighted by Gasteiger charge is -2.30. The molecule has 84 valence electrons. The van der Waals surface area contributed by atoms with Crippen LogP contribution in [0.15, 0.2) is 0 Å². The lowest BCUT2D eigenvalue weighted by atomic mass is 9.98. The van der Waals surface area contributed by atoms with Gasteiger partial charge in [0.05, 0.1) is 0 Å². The molecule has 0 aromatic heterocycles. The van der Waals surface area contributed by atoms with Gasteiger partial charge in [-0.15, -0.1) is 0 Å². The van der Waals surface area contributed by atoms with Crippen LogP contribution in [0.5, 0.6) is 0 Å². The van der Waals surface area contributed by atoms with E-state index in [9.17, 15) is 4.79 Å². The Morgan fingerprint density at radius 3 is 2.00 bits per heavy atom. The zero-order chi connectivity index (χ0) is 11.3. The first-order chi connectivity index (χ1) is 6.40. The van der Waals surface area contributed by atoms with E-state index in [0.717, 1.165) is 6.42 Å². The fourth-order valence-electron chi connectivity index (χ4n) is 1.47. The predicted molar refractivity (Wildman–Crippen MR) is 61.4 cm³/mol. The SMILES string of the molecule is CCC(CC(=O)C(C)C)N(C)C(C)C. The van der Waals surface area contributed by atoms with E-state index in [1.54, 1.807) is 0 Å². The summed E-state index contributed by atoms with van der Waals surface area (Å²) in [4.78, 5) is 13.9. The smallest absolute Gasteiger partial charge is 0.136 e. The quantitative estimate of drug-likeness (QED) is 0.655. The van der Waals surface area contributed by atoms with Crippen molar-refractivity contribution >= 4 is 5.78 Å². The van der Waals surface area contributed by atoms with E-state index in [-0.39, 0.29) is 5.92 Å². The third-order valence-corrected chi connectivity index (χ3v) is 2.94. The number of carbonyl (C=O) groups is 1. The first-order valence-corrected chi connectivity index (χ1v) is 5.64. The van der Waals surface area contributed by atoms with Crippen molar-refractivity contribution in [1.29, 1.82) is 0 Å². The Balaban J connectivity index is 4.22. The number of Topliss-reactive ketones (excluding diaryl/α,β-unsaturated/α-hetero) is 1. The molecule has 1 unspecified atom stereocenters. The van der Waals surface area contributed by atoms with Crippen LogP contribution in [0, 0.1) is 5.92 Å². The van der Waals surface area contributed by atoms with Crippen LogP contribution in [0.25, 0.3) is 0 Å². The van der Waals surface area contributed by atoms with Crippen molar-refractivity contribution in [3.8, 4) is 0 Å². The van der Waals surface area contributed by atoms with Crippen LogP contribution in [0.1, 0.15) is 47.5 Å². The fourth-order valence-corrected chi connectivity index (χ4v) is 1.47. The van der Waals surface area contributed by atoms with E-state index in [4.69, 9.17) is 0 Å². The summed E-state index contributed by atoms with van der Waals surface area (Å²) in [6, 6.07) is 0.921. The topological polar surface area (TPSA) is 20.3 Å². The molecule has 0 fully saturated rings. The Hall–Kier alpha value is -0.370. The van der Waals surface area contributed by atoms with Gasteiger partial charge in [-0.2, -0.15) is 0 Å². The lowest BCUT2D eigenvalue weighted by molar-refractivity contribution is -0.123. The summed E-state index contributed by atoms with van der Waals surface area (Å²) < 4.78 is 0. The summed E-state index contributed by atoms with van der Waals surface area (Å²) in [6.07, 6.45) is 1.75. The Morgan fingerprint density at radius 1 is 1.21 bits per heavy atom. The van der Waals surface area contributed by atoms with Crippen LogP contribution in [0.2, 0.25) is 0 Å². The maximum Gasteiger partial charge on any atom is 0.136 e. The van der Waals surface area contributed by atoms with Gasteiger partial charge in [-0.1, -0.05) is 20.8 Å². The van der Waals surface area contributed by atoms with Crippen LogP contribution >= 0.6 is 0 Å². The molecule has 0 aliphatic heterocycles. The van der Waals surface area contributed by atoms with Crippen molar-refractivity contribution in [1.82, 2.24) is 4.90 Å². The van der Waals surface area contributed by atoms with Crippen molar-refractivity contribution in [2.45, 2.75) is 59.5 Å². The zero-order valence-electron chi connectivity index (χ0n) is 10.5. The third kappa shape index (κ3) is 4.23. The van der Waals surface area contributed by atoms with Gasteiger partial charge < -0.3 is 4.90 Å². The second-order valence-electron chi connectivity index (χ2n) is 4.65. The minimum absolute atomic E-state index is 0.171. The molecule has 0 N–H and O–H groups in total. The molecule has 0 amide bonds. The normalized spacial score (nSPS) is 14.1. The highest BCUT2D eigenvalue weighted by molar-refractivity contribution is 5.80. The molecule has 0 aromatic carbocycles. The fraction of sp³-hybridized carbons (Fsp3) is 0.917.